The Kier molecular flexibility index (Phi) is 5.20. The number of rotatable bonds is 6. The minimum atomic E-state index is -0.183. The van der Waals surface area contributed by atoms with E-state index >= 15 is 0 Å². The minimum absolute atomic E-state index is 0.130. The van der Waals surface area contributed by atoms with Crippen LogP contribution < -0.4 is 19.5 Å². The molecule has 2 heterocycles. The molecule has 4 rings (SSSR count). The molecule has 0 radical (unpaired) electrons. The molecule has 1 saturated carbocycles. The molecule has 0 atom stereocenters. The molecule has 7 nitrogen and oxygen atoms in total. The molecule has 1 aromatic heterocycles. The summed E-state index contributed by atoms with van der Waals surface area (Å²) >= 11 is 0. The van der Waals surface area contributed by atoms with E-state index in [1.165, 1.54) is 0 Å². The molecular formula is C20H23NO6. The van der Waals surface area contributed by atoms with Crippen molar-refractivity contribution in [3.63, 3.8) is 0 Å². The maximum atomic E-state index is 12.3. The Hall–Kier alpha value is -2.67. The first kappa shape index (κ1) is 17.7. The fraction of sp³-hybridized carbons (Fsp3) is 0.450. The van der Waals surface area contributed by atoms with Gasteiger partial charge in [0.25, 0.3) is 5.91 Å². The Morgan fingerprint density at radius 2 is 1.93 bits per heavy atom. The monoisotopic (exact) mass is 373 g/mol. The van der Waals surface area contributed by atoms with Crippen molar-refractivity contribution < 1.29 is 28.2 Å². The summed E-state index contributed by atoms with van der Waals surface area (Å²) in [7, 11) is 1.59. The SMILES string of the molecule is COCc1ccc(C(=O)NC2CCC(Oc3ccc4c(c3)OCO4)CC2)o1. The standard InChI is InChI=1S/C20H23NO6/c1-23-11-16-7-9-18(27-16)20(22)21-13-2-4-14(5-3-13)26-15-6-8-17-19(10-15)25-12-24-17/h6-10,13-14H,2-5,11-12H2,1H3,(H,21,22). The fourth-order valence-electron chi connectivity index (χ4n) is 3.44. The lowest BCUT2D eigenvalue weighted by Crippen LogP contribution is -2.39. The molecule has 0 unspecified atom stereocenters. The number of carbonyl (C=O) groups excluding carboxylic acids is 1. The summed E-state index contributed by atoms with van der Waals surface area (Å²) in [6, 6.07) is 9.20. The number of furan rings is 1. The van der Waals surface area contributed by atoms with Gasteiger partial charge in [-0.15, -0.1) is 0 Å². The lowest BCUT2D eigenvalue weighted by atomic mass is 9.93. The third-order valence-corrected chi connectivity index (χ3v) is 4.83. The molecule has 144 valence electrons. The second-order valence-corrected chi connectivity index (χ2v) is 6.78. The molecule has 1 aromatic carbocycles. The number of amides is 1. The highest BCUT2D eigenvalue weighted by atomic mass is 16.7. The fourth-order valence-corrected chi connectivity index (χ4v) is 3.44. The first-order valence-electron chi connectivity index (χ1n) is 9.16. The number of fused-ring (bicyclic) bond motifs is 1. The van der Waals surface area contributed by atoms with Crippen LogP contribution in [0.25, 0.3) is 0 Å². The van der Waals surface area contributed by atoms with Crippen molar-refractivity contribution in [2.45, 2.75) is 44.4 Å². The van der Waals surface area contributed by atoms with Gasteiger partial charge in [0, 0.05) is 19.2 Å². The molecule has 1 amide bonds. The Morgan fingerprint density at radius 1 is 1.11 bits per heavy atom. The number of ether oxygens (including phenoxy) is 4. The number of hydrogen-bond donors (Lipinski definition) is 1. The molecule has 1 fully saturated rings. The van der Waals surface area contributed by atoms with Crippen LogP contribution in [-0.2, 0) is 11.3 Å². The zero-order valence-electron chi connectivity index (χ0n) is 15.2. The van der Waals surface area contributed by atoms with Crippen molar-refractivity contribution in [2.75, 3.05) is 13.9 Å². The lowest BCUT2D eigenvalue weighted by molar-refractivity contribution is 0.0859. The smallest absolute Gasteiger partial charge is 0.287 e. The topological polar surface area (TPSA) is 79.2 Å². The number of carbonyl (C=O) groups is 1. The summed E-state index contributed by atoms with van der Waals surface area (Å²) in [6.07, 6.45) is 3.63. The third kappa shape index (κ3) is 4.19. The predicted molar refractivity (Wildman–Crippen MR) is 96.1 cm³/mol. The quantitative estimate of drug-likeness (QED) is 0.837. The van der Waals surface area contributed by atoms with Gasteiger partial charge in [0.15, 0.2) is 17.3 Å². The van der Waals surface area contributed by atoms with Crippen LogP contribution in [0.2, 0.25) is 0 Å². The van der Waals surface area contributed by atoms with E-state index in [1.54, 1.807) is 19.2 Å². The highest BCUT2D eigenvalue weighted by Gasteiger charge is 2.25. The molecule has 1 aliphatic heterocycles. The Labute approximate surface area is 157 Å². The van der Waals surface area contributed by atoms with Gasteiger partial charge in [-0.05, 0) is 49.9 Å². The average Bonchev–Trinajstić information content (AvgIpc) is 3.32. The molecule has 1 aliphatic carbocycles. The molecule has 0 bridgehead atoms. The van der Waals surface area contributed by atoms with Gasteiger partial charge >= 0.3 is 0 Å². The van der Waals surface area contributed by atoms with Crippen molar-refractivity contribution in [3.8, 4) is 17.2 Å². The number of methoxy groups -OCH3 is 1. The summed E-state index contributed by atoms with van der Waals surface area (Å²) in [5.74, 6) is 3.04. The van der Waals surface area contributed by atoms with Crippen LogP contribution in [0.15, 0.2) is 34.7 Å². The third-order valence-electron chi connectivity index (χ3n) is 4.83. The van der Waals surface area contributed by atoms with Gasteiger partial charge in [-0.3, -0.25) is 4.79 Å². The van der Waals surface area contributed by atoms with Gasteiger partial charge in [-0.25, -0.2) is 0 Å². The van der Waals surface area contributed by atoms with Crippen molar-refractivity contribution >= 4 is 5.91 Å². The van der Waals surface area contributed by atoms with Gasteiger partial charge in [0.2, 0.25) is 6.79 Å². The highest BCUT2D eigenvalue weighted by Crippen LogP contribution is 2.36. The van der Waals surface area contributed by atoms with Crippen LogP contribution in [0.5, 0.6) is 17.2 Å². The summed E-state index contributed by atoms with van der Waals surface area (Å²) in [4.78, 5) is 12.3. The second-order valence-electron chi connectivity index (χ2n) is 6.78. The average molecular weight is 373 g/mol. The Morgan fingerprint density at radius 3 is 2.74 bits per heavy atom. The van der Waals surface area contributed by atoms with Crippen LogP contribution in [0.4, 0.5) is 0 Å². The van der Waals surface area contributed by atoms with E-state index in [1.807, 2.05) is 18.2 Å². The van der Waals surface area contributed by atoms with Gasteiger partial charge in [0.05, 0.1) is 6.10 Å². The van der Waals surface area contributed by atoms with E-state index in [9.17, 15) is 4.79 Å². The van der Waals surface area contributed by atoms with Gasteiger partial charge in [0.1, 0.15) is 18.1 Å². The van der Waals surface area contributed by atoms with E-state index < -0.39 is 0 Å². The van der Waals surface area contributed by atoms with E-state index in [0.717, 1.165) is 42.9 Å². The summed E-state index contributed by atoms with van der Waals surface area (Å²) in [5.41, 5.74) is 0. The normalized spacial score (nSPS) is 21.1. The van der Waals surface area contributed by atoms with Crippen LogP contribution in [0.3, 0.4) is 0 Å². The van der Waals surface area contributed by atoms with Crippen molar-refractivity contribution in [3.05, 3.63) is 41.9 Å². The summed E-state index contributed by atoms with van der Waals surface area (Å²) in [6.45, 7) is 0.613. The lowest BCUT2D eigenvalue weighted by Gasteiger charge is -2.29. The number of nitrogens with one attached hydrogen (secondary N) is 1. The summed E-state index contributed by atoms with van der Waals surface area (Å²) < 4.78 is 27.2. The molecule has 27 heavy (non-hydrogen) atoms. The number of benzene rings is 1. The maximum absolute atomic E-state index is 12.3. The first-order chi connectivity index (χ1) is 13.2. The second kappa shape index (κ2) is 7.92. The Bertz CT molecular complexity index is 794. The molecule has 0 saturated heterocycles. The van der Waals surface area contributed by atoms with Crippen LogP contribution in [0.1, 0.15) is 42.0 Å². The zero-order chi connectivity index (χ0) is 18.6. The van der Waals surface area contributed by atoms with E-state index in [2.05, 4.69) is 5.32 Å². The van der Waals surface area contributed by atoms with E-state index in [-0.39, 0.29) is 24.8 Å². The first-order valence-corrected chi connectivity index (χ1v) is 9.16. The van der Waals surface area contributed by atoms with E-state index in [0.29, 0.717) is 18.1 Å². The predicted octanol–water partition coefficient (Wildman–Crippen LogP) is 3.27. The molecule has 7 heteroatoms. The molecule has 0 spiro atoms. The number of hydrogen-bond acceptors (Lipinski definition) is 6. The molecular weight excluding hydrogens is 350 g/mol. The molecule has 2 aromatic rings. The van der Waals surface area contributed by atoms with Gasteiger partial charge in [-0.2, -0.15) is 0 Å². The minimum Gasteiger partial charge on any atom is -0.490 e. The van der Waals surface area contributed by atoms with Gasteiger partial charge < -0.3 is 28.7 Å². The van der Waals surface area contributed by atoms with Crippen molar-refractivity contribution in [1.29, 1.82) is 0 Å². The highest BCUT2D eigenvalue weighted by molar-refractivity contribution is 5.91. The molecule has 1 N–H and O–H groups in total. The van der Waals surface area contributed by atoms with Gasteiger partial charge in [-0.1, -0.05) is 0 Å². The van der Waals surface area contributed by atoms with Crippen LogP contribution >= 0.6 is 0 Å². The van der Waals surface area contributed by atoms with Crippen LogP contribution in [-0.4, -0.2) is 32.0 Å². The van der Waals surface area contributed by atoms with Crippen molar-refractivity contribution in [2.24, 2.45) is 0 Å². The maximum Gasteiger partial charge on any atom is 0.287 e. The van der Waals surface area contributed by atoms with Crippen LogP contribution in [0, 0.1) is 0 Å². The Balaban J connectivity index is 1.25. The zero-order valence-corrected chi connectivity index (χ0v) is 15.2. The van der Waals surface area contributed by atoms with E-state index in [4.69, 9.17) is 23.4 Å². The summed E-state index contributed by atoms with van der Waals surface area (Å²) in [5, 5.41) is 3.04. The largest absolute Gasteiger partial charge is 0.490 e. The molecule has 2 aliphatic rings. The van der Waals surface area contributed by atoms with Crippen molar-refractivity contribution in [1.82, 2.24) is 5.32 Å².